The van der Waals surface area contributed by atoms with E-state index in [1.165, 1.54) is 18.2 Å². The molecule has 26 heavy (non-hydrogen) atoms. The molecule has 1 aromatic rings. The first kappa shape index (κ1) is 20.3. The third kappa shape index (κ3) is 6.72. The highest BCUT2D eigenvalue weighted by molar-refractivity contribution is 5.79. The lowest BCUT2D eigenvalue weighted by atomic mass is 10.2. The van der Waals surface area contributed by atoms with Gasteiger partial charge < -0.3 is 20.1 Å². The maximum Gasteiger partial charge on any atom is 0.387 e. The van der Waals surface area contributed by atoms with Gasteiger partial charge in [-0.25, -0.2) is 9.38 Å². The van der Waals surface area contributed by atoms with E-state index < -0.39 is 12.4 Å². The van der Waals surface area contributed by atoms with Gasteiger partial charge >= 0.3 is 6.61 Å². The van der Waals surface area contributed by atoms with E-state index in [0.717, 1.165) is 32.8 Å². The van der Waals surface area contributed by atoms with Crippen LogP contribution in [0.25, 0.3) is 0 Å². The van der Waals surface area contributed by atoms with Crippen LogP contribution in [0, 0.1) is 5.82 Å². The third-order valence-electron chi connectivity index (χ3n) is 3.86. The fourth-order valence-electron chi connectivity index (χ4n) is 2.56. The monoisotopic (exact) mass is 374 g/mol. The van der Waals surface area contributed by atoms with E-state index in [1.807, 2.05) is 6.92 Å². The molecule has 0 aliphatic carbocycles. The quantitative estimate of drug-likeness (QED) is 0.537. The van der Waals surface area contributed by atoms with Gasteiger partial charge in [0, 0.05) is 32.7 Å². The van der Waals surface area contributed by atoms with E-state index in [9.17, 15) is 13.2 Å². The molecular weight excluding hydrogens is 349 g/mol. The van der Waals surface area contributed by atoms with Crippen LogP contribution in [0.3, 0.4) is 0 Å². The van der Waals surface area contributed by atoms with Crippen molar-refractivity contribution in [1.29, 1.82) is 0 Å². The second-order valence-electron chi connectivity index (χ2n) is 5.67. The van der Waals surface area contributed by atoms with Gasteiger partial charge in [0.25, 0.3) is 0 Å². The lowest BCUT2D eigenvalue weighted by molar-refractivity contribution is -0.0506. The van der Waals surface area contributed by atoms with Crippen LogP contribution in [0.2, 0.25) is 0 Å². The van der Waals surface area contributed by atoms with Crippen LogP contribution >= 0.6 is 0 Å². The number of rotatable bonds is 8. The fraction of sp³-hybridized carbons (Fsp3) is 0.588. The highest BCUT2D eigenvalue weighted by Crippen LogP contribution is 2.24. The van der Waals surface area contributed by atoms with E-state index in [4.69, 9.17) is 4.74 Å². The number of nitrogens with one attached hydrogen (secondary N) is 2. The smallest absolute Gasteiger partial charge is 0.387 e. The van der Waals surface area contributed by atoms with Crippen molar-refractivity contribution in [3.05, 3.63) is 29.6 Å². The minimum absolute atomic E-state index is 0.00168. The molecule has 1 heterocycles. The first-order chi connectivity index (χ1) is 12.6. The Morgan fingerprint density at radius 3 is 2.77 bits per heavy atom. The summed E-state index contributed by atoms with van der Waals surface area (Å²) >= 11 is 0. The molecule has 2 rings (SSSR count). The normalized spacial score (nSPS) is 16.0. The highest BCUT2D eigenvalue weighted by Gasteiger charge is 2.14. The number of ether oxygens (including phenoxy) is 2. The van der Waals surface area contributed by atoms with Gasteiger partial charge in [0.05, 0.1) is 25.3 Å². The van der Waals surface area contributed by atoms with Crippen molar-refractivity contribution in [3.8, 4) is 5.75 Å². The number of hydrogen-bond donors (Lipinski definition) is 2. The van der Waals surface area contributed by atoms with Crippen molar-refractivity contribution >= 4 is 5.96 Å². The van der Waals surface area contributed by atoms with Gasteiger partial charge in [-0.2, -0.15) is 8.78 Å². The summed E-state index contributed by atoms with van der Waals surface area (Å²) in [4.78, 5) is 6.55. The van der Waals surface area contributed by atoms with Gasteiger partial charge in [-0.05, 0) is 19.1 Å². The molecule has 146 valence electrons. The maximum atomic E-state index is 14.0. The molecule has 1 aromatic carbocycles. The summed E-state index contributed by atoms with van der Waals surface area (Å²) in [6.07, 6.45) is 0. The molecule has 0 amide bonds. The average molecular weight is 374 g/mol. The van der Waals surface area contributed by atoms with E-state index in [-0.39, 0.29) is 17.9 Å². The molecule has 0 saturated carbocycles. The zero-order valence-electron chi connectivity index (χ0n) is 14.8. The summed E-state index contributed by atoms with van der Waals surface area (Å²) in [5.41, 5.74) is -0.00168. The topological polar surface area (TPSA) is 58.1 Å². The maximum absolute atomic E-state index is 14.0. The minimum atomic E-state index is -3.01. The van der Waals surface area contributed by atoms with Crippen LogP contribution in [0.5, 0.6) is 5.75 Å². The standard InChI is InChI=1S/C17H25F3N4O2/c1-2-21-17(22-6-7-24-8-10-25-11-9-24)23-12-13-14(18)4-3-5-15(13)26-16(19)20/h3-5,16H,2,6-12H2,1H3,(H2,21,22,23). The predicted octanol–water partition coefficient (Wildman–Crippen LogP) is 1.81. The zero-order chi connectivity index (χ0) is 18.8. The Morgan fingerprint density at radius 1 is 1.31 bits per heavy atom. The molecule has 0 spiro atoms. The SMILES string of the molecule is CCNC(=NCc1c(F)cccc1OC(F)F)NCCN1CCOCC1. The van der Waals surface area contributed by atoms with Crippen molar-refractivity contribution < 1.29 is 22.6 Å². The van der Waals surface area contributed by atoms with Gasteiger partial charge in [-0.1, -0.05) is 6.07 Å². The molecule has 1 fully saturated rings. The largest absolute Gasteiger partial charge is 0.434 e. The number of alkyl halides is 2. The van der Waals surface area contributed by atoms with Crippen LogP contribution in [0.15, 0.2) is 23.2 Å². The van der Waals surface area contributed by atoms with Crippen LogP contribution < -0.4 is 15.4 Å². The molecule has 0 bridgehead atoms. The zero-order valence-corrected chi connectivity index (χ0v) is 14.8. The summed E-state index contributed by atoms with van der Waals surface area (Å²) < 4.78 is 48.6. The number of aliphatic imine (C=N–C) groups is 1. The number of halogens is 3. The van der Waals surface area contributed by atoms with E-state index in [2.05, 4.69) is 25.3 Å². The van der Waals surface area contributed by atoms with E-state index in [0.29, 0.717) is 19.0 Å². The fourth-order valence-corrected chi connectivity index (χ4v) is 2.56. The number of guanidine groups is 1. The molecular formula is C17H25F3N4O2. The molecule has 1 aliphatic heterocycles. The van der Waals surface area contributed by atoms with Crippen LogP contribution in [0.1, 0.15) is 12.5 Å². The van der Waals surface area contributed by atoms with Crippen molar-refractivity contribution in [2.45, 2.75) is 20.1 Å². The van der Waals surface area contributed by atoms with Crippen LogP contribution in [0.4, 0.5) is 13.2 Å². The molecule has 0 radical (unpaired) electrons. The Hall–Kier alpha value is -2.00. The third-order valence-corrected chi connectivity index (χ3v) is 3.86. The van der Waals surface area contributed by atoms with E-state index >= 15 is 0 Å². The Bertz CT molecular complexity index is 581. The summed E-state index contributed by atoms with van der Waals surface area (Å²) in [5, 5.41) is 6.22. The number of morpholine rings is 1. The lowest BCUT2D eigenvalue weighted by Gasteiger charge is -2.26. The summed E-state index contributed by atoms with van der Waals surface area (Å²) in [6, 6.07) is 3.83. The minimum Gasteiger partial charge on any atom is -0.434 e. The highest BCUT2D eigenvalue weighted by atomic mass is 19.3. The van der Waals surface area contributed by atoms with Crippen LogP contribution in [-0.4, -0.2) is 63.4 Å². The predicted molar refractivity (Wildman–Crippen MR) is 93.1 cm³/mol. The van der Waals surface area contributed by atoms with E-state index in [1.54, 1.807) is 0 Å². The van der Waals surface area contributed by atoms with Crippen LogP contribution in [-0.2, 0) is 11.3 Å². The first-order valence-corrected chi connectivity index (χ1v) is 8.64. The Labute approximate surface area is 151 Å². The number of nitrogens with zero attached hydrogens (tertiary/aromatic N) is 2. The molecule has 0 atom stereocenters. The summed E-state index contributed by atoms with van der Waals surface area (Å²) in [6.45, 7) is 4.13. The number of hydrogen-bond acceptors (Lipinski definition) is 4. The second kappa shape index (κ2) is 10.9. The summed E-state index contributed by atoms with van der Waals surface area (Å²) in [5.74, 6) is -0.337. The number of benzene rings is 1. The molecule has 0 unspecified atom stereocenters. The second-order valence-corrected chi connectivity index (χ2v) is 5.67. The molecule has 6 nitrogen and oxygen atoms in total. The van der Waals surface area contributed by atoms with Crippen molar-refractivity contribution in [2.75, 3.05) is 45.9 Å². The van der Waals surface area contributed by atoms with Gasteiger partial charge in [0.1, 0.15) is 11.6 Å². The van der Waals surface area contributed by atoms with Gasteiger partial charge in [-0.15, -0.1) is 0 Å². The Balaban J connectivity index is 1.95. The van der Waals surface area contributed by atoms with Gasteiger partial charge in [0.15, 0.2) is 5.96 Å². The molecule has 0 aromatic heterocycles. The van der Waals surface area contributed by atoms with Gasteiger partial charge in [-0.3, -0.25) is 4.90 Å². The van der Waals surface area contributed by atoms with Gasteiger partial charge in [0.2, 0.25) is 0 Å². The Morgan fingerprint density at radius 2 is 2.08 bits per heavy atom. The molecule has 9 heteroatoms. The molecule has 2 N–H and O–H groups in total. The van der Waals surface area contributed by atoms with Crippen molar-refractivity contribution in [3.63, 3.8) is 0 Å². The van der Waals surface area contributed by atoms with Crippen molar-refractivity contribution in [1.82, 2.24) is 15.5 Å². The lowest BCUT2D eigenvalue weighted by Crippen LogP contribution is -2.44. The Kier molecular flexibility index (Phi) is 8.49. The molecule has 1 aliphatic rings. The van der Waals surface area contributed by atoms with Crippen molar-refractivity contribution in [2.24, 2.45) is 4.99 Å². The molecule has 1 saturated heterocycles. The average Bonchev–Trinajstić information content (AvgIpc) is 2.61. The first-order valence-electron chi connectivity index (χ1n) is 8.64. The summed E-state index contributed by atoms with van der Waals surface area (Å²) in [7, 11) is 0.